The van der Waals surface area contributed by atoms with Gasteiger partial charge in [-0.15, -0.1) is 0 Å². The van der Waals surface area contributed by atoms with E-state index in [0.717, 1.165) is 37.7 Å². The third kappa shape index (κ3) is 4.49. The normalized spacial score (nSPS) is 24.1. The summed E-state index contributed by atoms with van der Waals surface area (Å²) in [6, 6.07) is 4.98. The van der Waals surface area contributed by atoms with Crippen molar-refractivity contribution in [2.24, 2.45) is 4.99 Å². The highest BCUT2D eigenvalue weighted by Crippen LogP contribution is 2.36. The van der Waals surface area contributed by atoms with Crippen LogP contribution in [0.25, 0.3) is 0 Å². The van der Waals surface area contributed by atoms with Gasteiger partial charge in [-0.3, -0.25) is 4.79 Å². The lowest BCUT2D eigenvalue weighted by molar-refractivity contribution is 0.0908. The zero-order chi connectivity index (χ0) is 18.0. The van der Waals surface area contributed by atoms with Gasteiger partial charge >= 0.3 is 0 Å². The van der Waals surface area contributed by atoms with Gasteiger partial charge in [0.25, 0.3) is 5.91 Å². The summed E-state index contributed by atoms with van der Waals surface area (Å²) in [4.78, 5) is 19.3. The third-order valence-electron chi connectivity index (χ3n) is 4.25. The molecule has 0 aromatic heterocycles. The average molecular weight is 383 g/mol. The molecular formula is C18H23ClN2O3S. The van der Waals surface area contributed by atoms with Gasteiger partial charge in [0.2, 0.25) is 0 Å². The van der Waals surface area contributed by atoms with Crippen LogP contribution in [-0.2, 0) is 4.74 Å². The number of carbonyl (C=O) groups is 1. The molecule has 2 heterocycles. The standard InChI is InChI=1S/C18H23ClN2O3S/c1-18(2)11-21(10-13-5-4-8-24-13)17(25-18)20-16(22)14-9-12(19)6-7-15(14)23-3/h6-7,9,13H,4-5,8,10-11H2,1-3H3/b20-17-/t13-/m1/s1. The van der Waals surface area contributed by atoms with E-state index in [1.807, 2.05) is 0 Å². The van der Waals surface area contributed by atoms with Crippen LogP contribution < -0.4 is 4.74 Å². The largest absolute Gasteiger partial charge is 0.496 e. The van der Waals surface area contributed by atoms with Crippen LogP contribution in [0.15, 0.2) is 23.2 Å². The van der Waals surface area contributed by atoms with Crippen LogP contribution in [0.1, 0.15) is 37.0 Å². The highest BCUT2D eigenvalue weighted by Gasteiger charge is 2.37. The highest BCUT2D eigenvalue weighted by molar-refractivity contribution is 8.15. The summed E-state index contributed by atoms with van der Waals surface area (Å²) in [6.45, 7) is 6.76. The number of nitrogens with zero attached hydrogens (tertiary/aromatic N) is 2. The minimum Gasteiger partial charge on any atom is -0.496 e. The lowest BCUT2D eigenvalue weighted by Crippen LogP contribution is -2.35. The molecule has 0 radical (unpaired) electrons. The Kier molecular flexibility index (Phi) is 5.61. The van der Waals surface area contributed by atoms with Gasteiger partial charge in [-0.1, -0.05) is 23.4 Å². The van der Waals surface area contributed by atoms with Gasteiger partial charge in [-0.2, -0.15) is 4.99 Å². The van der Waals surface area contributed by atoms with Crippen LogP contribution in [0.4, 0.5) is 0 Å². The number of aliphatic imine (C=N–C) groups is 1. The Labute approximate surface area is 157 Å². The van der Waals surface area contributed by atoms with E-state index in [1.54, 1.807) is 30.0 Å². The topological polar surface area (TPSA) is 51.1 Å². The lowest BCUT2D eigenvalue weighted by atomic mass is 10.1. The maximum atomic E-state index is 12.7. The number of benzene rings is 1. The van der Waals surface area contributed by atoms with Gasteiger partial charge in [-0.25, -0.2) is 0 Å². The second kappa shape index (κ2) is 7.56. The van der Waals surface area contributed by atoms with Crippen molar-refractivity contribution >= 4 is 34.4 Å². The number of methoxy groups -OCH3 is 1. The Morgan fingerprint density at radius 2 is 2.32 bits per heavy atom. The van der Waals surface area contributed by atoms with Gasteiger partial charge in [0, 0.05) is 29.5 Å². The molecule has 2 fully saturated rings. The van der Waals surface area contributed by atoms with Crippen LogP contribution in [0.5, 0.6) is 5.75 Å². The van der Waals surface area contributed by atoms with Crippen LogP contribution in [-0.4, -0.2) is 53.6 Å². The fourth-order valence-corrected chi connectivity index (χ4v) is 4.42. The monoisotopic (exact) mass is 382 g/mol. The SMILES string of the molecule is COc1ccc(Cl)cc1C(=O)/N=C1\SC(C)(C)CN1C[C@H]1CCCO1. The molecule has 0 spiro atoms. The van der Waals surface area contributed by atoms with Crippen molar-refractivity contribution in [1.82, 2.24) is 4.90 Å². The van der Waals surface area contributed by atoms with E-state index in [9.17, 15) is 4.79 Å². The van der Waals surface area contributed by atoms with E-state index in [2.05, 4.69) is 23.7 Å². The Bertz CT molecular complexity index is 687. The van der Waals surface area contributed by atoms with Gasteiger partial charge in [0.1, 0.15) is 5.75 Å². The number of halogens is 1. The number of hydrogen-bond donors (Lipinski definition) is 0. The van der Waals surface area contributed by atoms with Crippen LogP contribution >= 0.6 is 23.4 Å². The molecule has 0 N–H and O–H groups in total. The summed E-state index contributed by atoms with van der Waals surface area (Å²) in [7, 11) is 1.53. The molecule has 1 aromatic carbocycles. The Morgan fingerprint density at radius 1 is 1.52 bits per heavy atom. The number of amidine groups is 1. The van der Waals surface area contributed by atoms with Crippen molar-refractivity contribution in [2.75, 3.05) is 26.8 Å². The van der Waals surface area contributed by atoms with Crippen molar-refractivity contribution in [3.8, 4) is 5.75 Å². The number of thioether (sulfide) groups is 1. The van der Waals surface area contributed by atoms with Crippen LogP contribution in [0.3, 0.4) is 0 Å². The molecule has 7 heteroatoms. The first-order valence-electron chi connectivity index (χ1n) is 8.40. The van der Waals surface area contributed by atoms with Crippen LogP contribution in [0.2, 0.25) is 5.02 Å². The predicted molar refractivity (Wildman–Crippen MR) is 102 cm³/mol. The lowest BCUT2D eigenvalue weighted by Gasteiger charge is -2.22. The number of rotatable bonds is 4. The van der Waals surface area contributed by atoms with E-state index in [1.165, 1.54) is 7.11 Å². The average Bonchev–Trinajstić information content (AvgIpc) is 3.15. The molecule has 2 aliphatic heterocycles. The highest BCUT2D eigenvalue weighted by atomic mass is 35.5. The number of carbonyl (C=O) groups excluding carboxylic acids is 1. The maximum Gasteiger partial charge on any atom is 0.283 e. The fourth-order valence-electron chi connectivity index (χ4n) is 3.14. The molecule has 2 aliphatic rings. The number of hydrogen-bond acceptors (Lipinski definition) is 4. The first-order chi connectivity index (χ1) is 11.9. The van der Waals surface area contributed by atoms with Crippen LogP contribution in [0, 0.1) is 0 Å². The molecule has 25 heavy (non-hydrogen) atoms. The Morgan fingerprint density at radius 3 is 3.00 bits per heavy atom. The molecular weight excluding hydrogens is 360 g/mol. The van der Waals surface area contributed by atoms with Crippen molar-refractivity contribution in [3.63, 3.8) is 0 Å². The van der Waals surface area contributed by atoms with Crippen molar-refractivity contribution in [1.29, 1.82) is 0 Å². The van der Waals surface area contributed by atoms with E-state index in [0.29, 0.717) is 16.3 Å². The Balaban J connectivity index is 1.84. The molecule has 1 aromatic rings. The molecule has 136 valence electrons. The summed E-state index contributed by atoms with van der Waals surface area (Å²) < 4.78 is 11.0. The molecule has 0 bridgehead atoms. The molecule has 3 rings (SSSR count). The number of amides is 1. The zero-order valence-corrected chi connectivity index (χ0v) is 16.3. The fraction of sp³-hybridized carbons (Fsp3) is 0.556. The quantitative estimate of drug-likeness (QED) is 0.791. The smallest absolute Gasteiger partial charge is 0.283 e. The summed E-state index contributed by atoms with van der Waals surface area (Å²) in [5.74, 6) is 0.142. The molecule has 0 saturated carbocycles. The summed E-state index contributed by atoms with van der Waals surface area (Å²) >= 11 is 7.66. The molecule has 2 saturated heterocycles. The van der Waals surface area contributed by atoms with E-state index in [-0.39, 0.29) is 16.8 Å². The van der Waals surface area contributed by atoms with Crippen molar-refractivity contribution < 1.29 is 14.3 Å². The first-order valence-corrected chi connectivity index (χ1v) is 9.59. The van der Waals surface area contributed by atoms with Gasteiger partial charge in [0.15, 0.2) is 5.17 Å². The van der Waals surface area contributed by atoms with Crippen molar-refractivity contribution in [2.45, 2.75) is 37.5 Å². The second-order valence-corrected chi connectivity index (χ2v) is 9.03. The molecule has 0 aliphatic carbocycles. The minimum atomic E-state index is -0.336. The summed E-state index contributed by atoms with van der Waals surface area (Å²) in [6.07, 6.45) is 2.38. The number of ether oxygens (including phenoxy) is 2. The third-order valence-corrected chi connectivity index (χ3v) is 5.70. The molecule has 1 amide bonds. The predicted octanol–water partition coefficient (Wildman–Crippen LogP) is 3.85. The van der Waals surface area contributed by atoms with Gasteiger partial charge in [0.05, 0.1) is 18.8 Å². The molecule has 0 unspecified atom stereocenters. The van der Waals surface area contributed by atoms with E-state index >= 15 is 0 Å². The van der Waals surface area contributed by atoms with E-state index in [4.69, 9.17) is 21.1 Å². The molecule has 5 nitrogen and oxygen atoms in total. The summed E-state index contributed by atoms with van der Waals surface area (Å²) in [5.41, 5.74) is 0.380. The molecule has 1 atom stereocenters. The second-order valence-electron chi connectivity index (χ2n) is 6.92. The van der Waals surface area contributed by atoms with Crippen molar-refractivity contribution in [3.05, 3.63) is 28.8 Å². The zero-order valence-electron chi connectivity index (χ0n) is 14.8. The minimum absolute atomic E-state index is 0.0101. The van der Waals surface area contributed by atoms with E-state index < -0.39 is 0 Å². The maximum absolute atomic E-state index is 12.7. The van der Waals surface area contributed by atoms with Gasteiger partial charge in [-0.05, 0) is 44.9 Å². The summed E-state index contributed by atoms with van der Waals surface area (Å²) in [5, 5.41) is 1.23. The first kappa shape index (κ1) is 18.5. The Hall–Kier alpha value is -1.24. The van der Waals surface area contributed by atoms with Gasteiger partial charge < -0.3 is 14.4 Å².